The summed E-state index contributed by atoms with van der Waals surface area (Å²) < 4.78 is 5.61. The maximum Gasteiger partial charge on any atom is 0.0621 e. The van der Waals surface area contributed by atoms with Crippen molar-refractivity contribution < 1.29 is 4.74 Å². The summed E-state index contributed by atoms with van der Waals surface area (Å²) >= 11 is 6.17. The van der Waals surface area contributed by atoms with E-state index in [1.165, 1.54) is 12.0 Å². The van der Waals surface area contributed by atoms with E-state index in [1.54, 1.807) is 12.4 Å². The Morgan fingerprint density at radius 3 is 3.22 bits per heavy atom. The number of ether oxygens (including phenoxy) is 1. The van der Waals surface area contributed by atoms with Gasteiger partial charge in [-0.05, 0) is 37.4 Å². The molecule has 1 saturated heterocycles. The zero-order valence-electron chi connectivity index (χ0n) is 10.9. The van der Waals surface area contributed by atoms with Gasteiger partial charge in [0.15, 0.2) is 0 Å². The van der Waals surface area contributed by atoms with Crippen LogP contribution in [-0.4, -0.2) is 30.8 Å². The van der Waals surface area contributed by atoms with Crippen molar-refractivity contribution in [2.75, 3.05) is 19.8 Å². The molecule has 18 heavy (non-hydrogen) atoms. The summed E-state index contributed by atoms with van der Waals surface area (Å²) in [6.07, 6.45) is 6.74. The van der Waals surface area contributed by atoms with Crippen LogP contribution in [0.5, 0.6) is 0 Å². The Bertz CT molecular complexity index is 373. The highest BCUT2D eigenvalue weighted by molar-refractivity contribution is 6.31. The van der Waals surface area contributed by atoms with Gasteiger partial charge in [0.05, 0.1) is 11.6 Å². The molecule has 0 spiro atoms. The first kappa shape index (κ1) is 13.8. The number of nitrogens with zero attached hydrogens (tertiary/aromatic N) is 1. The van der Waals surface area contributed by atoms with E-state index in [1.807, 2.05) is 6.07 Å². The first-order chi connectivity index (χ1) is 8.81. The lowest BCUT2D eigenvalue weighted by atomic mass is 9.89. The number of hydrogen-bond acceptors (Lipinski definition) is 3. The molecule has 1 N–H and O–H groups in total. The molecule has 1 aliphatic rings. The molecule has 0 aromatic carbocycles. The average molecular weight is 269 g/mol. The largest absolute Gasteiger partial charge is 0.381 e. The van der Waals surface area contributed by atoms with Crippen molar-refractivity contribution in [1.29, 1.82) is 0 Å². The van der Waals surface area contributed by atoms with Gasteiger partial charge in [-0.25, -0.2) is 0 Å². The van der Waals surface area contributed by atoms with Crippen molar-refractivity contribution in [3.05, 3.63) is 29.0 Å². The first-order valence-corrected chi connectivity index (χ1v) is 7.08. The van der Waals surface area contributed by atoms with Gasteiger partial charge < -0.3 is 10.1 Å². The summed E-state index contributed by atoms with van der Waals surface area (Å²) in [5.41, 5.74) is 1.17. The molecule has 0 radical (unpaired) electrons. The molecular weight excluding hydrogens is 248 g/mol. The average Bonchev–Trinajstić information content (AvgIpc) is 2.40. The Balaban J connectivity index is 1.98. The van der Waals surface area contributed by atoms with Crippen LogP contribution in [0.3, 0.4) is 0 Å². The maximum absolute atomic E-state index is 6.17. The predicted octanol–water partition coefficient (Wildman–Crippen LogP) is 2.68. The van der Waals surface area contributed by atoms with Crippen molar-refractivity contribution in [2.24, 2.45) is 5.92 Å². The number of hydrogen-bond donors (Lipinski definition) is 1. The van der Waals surface area contributed by atoms with Crippen LogP contribution in [-0.2, 0) is 11.2 Å². The van der Waals surface area contributed by atoms with Crippen LogP contribution in [0.1, 0.15) is 25.3 Å². The van der Waals surface area contributed by atoms with Crippen LogP contribution in [0.4, 0.5) is 0 Å². The van der Waals surface area contributed by atoms with Gasteiger partial charge in [-0.2, -0.15) is 0 Å². The Labute approximate surface area is 114 Å². The van der Waals surface area contributed by atoms with E-state index in [9.17, 15) is 0 Å². The Hall–Kier alpha value is -0.640. The van der Waals surface area contributed by atoms with E-state index < -0.39 is 0 Å². The normalized spacial score (nSPS) is 24.1. The van der Waals surface area contributed by atoms with E-state index >= 15 is 0 Å². The molecule has 0 amide bonds. The van der Waals surface area contributed by atoms with Crippen LogP contribution in [0.15, 0.2) is 18.5 Å². The van der Waals surface area contributed by atoms with Gasteiger partial charge in [-0.1, -0.05) is 18.5 Å². The zero-order valence-corrected chi connectivity index (χ0v) is 11.6. The Morgan fingerprint density at radius 2 is 2.44 bits per heavy atom. The molecular formula is C14H21ClN2O. The predicted molar refractivity (Wildman–Crippen MR) is 74.0 cm³/mol. The van der Waals surface area contributed by atoms with Gasteiger partial charge >= 0.3 is 0 Å². The molecule has 2 unspecified atom stereocenters. The molecule has 1 aliphatic heterocycles. The van der Waals surface area contributed by atoms with Gasteiger partial charge in [-0.3, -0.25) is 4.98 Å². The highest BCUT2D eigenvalue weighted by Gasteiger charge is 2.25. The molecule has 0 bridgehead atoms. The topological polar surface area (TPSA) is 34.1 Å². The van der Waals surface area contributed by atoms with Gasteiger partial charge in [0.2, 0.25) is 0 Å². The van der Waals surface area contributed by atoms with E-state index in [0.29, 0.717) is 12.0 Å². The zero-order chi connectivity index (χ0) is 12.8. The van der Waals surface area contributed by atoms with E-state index in [2.05, 4.69) is 17.2 Å². The third kappa shape index (κ3) is 3.67. The van der Waals surface area contributed by atoms with Crippen LogP contribution in [0, 0.1) is 5.92 Å². The Kier molecular flexibility index (Phi) is 5.42. The van der Waals surface area contributed by atoms with Gasteiger partial charge in [0.25, 0.3) is 0 Å². The van der Waals surface area contributed by atoms with Gasteiger partial charge in [-0.15, -0.1) is 0 Å². The van der Waals surface area contributed by atoms with E-state index in [0.717, 1.165) is 37.6 Å². The molecule has 1 fully saturated rings. The fourth-order valence-corrected chi connectivity index (χ4v) is 2.65. The third-order valence-corrected chi connectivity index (χ3v) is 3.81. The standard InChI is InChI=1S/C14H21ClN2O/c1-2-5-17-14-4-7-18-10-12(14)8-11-3-6-16-9-13(11)15/h3,6,9,12,14,17H,2,4-5,7-8,10H2,1H3. The molecule has 0 saturated carbocycles. The second kappa shape index (κ2) is 7.07. The minimum absolute atomic E-state index is 0.505. The van der Waals surface area contributed by atoms with Crippen LogP contribution in [0.25, 0.3) is 0 Å². The minimum atomic E-state index is 0.505. The third-order valence-electron chi connectivity index (χ3n) is 3.47. The van der Waals surface area contributed by atoms with Crippen LogP contribution in [0.2, 0.25) is 5.02 Å². The number of aromatic nitrogens is 1. The van der Waals surface area contributed by atoms with E-state index in [4.69, 9.17) is 16.3 Å². The Morgan fingerprint density at radius 1 is 1.56 bits per heavy atom. The van der Waals surface area contributed by atoms with Gasteiger partial charge in [0, 0.05) is 31.0 Å². The first-order valence-electron chi connectivity index (χ1n) is 6.70. The fourth-order valence-electron chi connectivity index (χ4n) is 2.45. The summed E-state index contributed by atoms with van der Waals surface area (Å²) in [5, 5.41) is 4.38. The van der Waals surface area contributed by atoms with Crippen molar-refractivity contribution in [3.63, 3.8) is 0 Å². The highest BCUT2D eigenvalue weighted by atomic mass is 35.5. The lowest BCUT2D eigenvalue weighted by Gasteiger charge is -2.32. The SMILES string of the molecule is CCCNC1CCOCC1Cc1ccncc1Cl. The molecule has 1 aromatic rings. The number of nitrogens with one attached hydrogen (secondary N) is 1. The molecule has 3 nitrogen and oxygen atoms in total. The van der Waals surface area contributed by atoms with Crippen molar-refractivity contribution >= 4 is 11.6 Å². The highest BCUT2D eigenvalue weighted by Crippen LogP contribution is 2.23. The fraction of sp³-hybridized carbons (Fsp3) is 0.643. The van der Waals surface area contributed by atoms with Crippen LogP contribution < -0.4 is 5.32 Å². The molecule has 100 valence electrons. The van der Waals surface area contributed by atoms with Gasteiger partial charge in [0.1, 0.15) is 0 Å². The molecule has 4 heteroatoms. The molecule has 2 rings (SSSR count). The summed E-state index contributed by atoms with van der Waals surface area (Å²) in [6, 6.07) is 2.55. The quantitative estimate of drug-likeness (QED) is 0.892. The summed E-state index contributed by atoms with van der Waals surface area (Å²) in [6.45, 7) is 4.95. The molecule has 1 aromatic heterocycles. The summed E-state index contributed by atoms with van der Waals surface area (Å²) in [7, 11) is 0. The maximum atomic E-state index is 6.17. The second-order valence-corrected chi connectivity index (χ2v) is 5.26. The summed E-state index contributed by atoms with van der Waals surface area (Å²) in [5.74, 6) is 0.505. The summed E-state index contributed by atoms with van der Waals surface area (Å²) in [4.78, 5) is 4.03. The number of halogens is 1. The van der Waals surface area contributed by atoms with Crippen molar-refractivity contribution in [3.8, 4) is 0 Å². The van der Waals surface area contributed by atoms with E-state index in [-0.39, 0.29) is 0 Å². The molecule has 2 heterocycles. The lowest BCUT2D eigenvalue weighted by Crippen LogP contribution is -2.44. The second-order valence-electron chi connectivity index (χ2n) is 4.86. The number of pyridine rings is 1. The monoisotopic (exact) mass is 268 g/mol. The van der Waals surface area contributed by atoms with Crippen molar-refractivity contribution in [2.45, 2.75) is 32.2 Å². The van der Waals surface area contributed by atoms with Crippen LogP contribution >= 0.6 is 11.6 Å². The molecule has 0 aliphatic carbocycles. The molecule has 2 atom stereocenters. The number of rotatable bonds is 5. The van der Waals surface area contributed by atoms with Crippen molar-refractivity contribution in [1.82, 2.24) is 10.3 Å². The smallest absolute Gasteiger partial charge is 0.0621 e. The lowest BCUT2D eigenvalue weighted by molar-refractivity contribution is 0.0323. The minimum Gasteiger partial charge on any atom is -0.381 e.